The molecule has 0 aromatic heterocycles. The van der Waals surface area contributed by atoms with Crippen molar-refractivity contribution >= 4 is 6.09 Å². The van der Waals surface area contributed by atoms with E-state index in [0.717, 1.165) is 5.56 Å². The van der Waals surface area contributed by atoms with Crippen LogP contribution in [-0.4, -0.2) is 66.9 Å². The van der Waals surface area contributed by atoms with E-state index in [-0.39, 0.29) is 12.1 Å². The second kappa shape index (κ2) is 6.44. The average Bonchev–Trinajstić information content (AvgIpc) is 2.60. The number of fused-ring (bicyclic) bond motifs is 1. The highest BCUT2D eigenvalue weighted by Gasteiger charge is 2.35. The lowest BCUT2D eigenvalue weighted by Gasteiger charge is -2.45. The number of carbonyl (C=O) groups is 1. The fourth-order valence-corrected chi connectivity index (χ4v) is 3.16. The smallest absolute Gasteiger partial charge is 0.407 e. The summed E-state index contributed by atoms with van der Waals surface area (Å²) in [7, 11) is 1.54. The van der Waals surface area contributed by atoms with Crippen LogP contribution < -0.4 is 4.74 Å². The maximum atomic E-state index is 11.1. The summed E-state index contributed by atoms with van der Waals surface area (Å²) in [6.45, 7) is 2.93. The van der Waals surface area contributed by atoms with Gasteiger partial charge in [-0.05, 0) is 17.7 Å². The number of benzene rings is 1. The van der Waals surface area contributed by atoms with E-state index in [1.165, 1.54) is 4.90 Å². The normalized spacial score (nSPS) is 24.6. The van der Waals surface area contributed by atoms with Gasteiger partial charge in [0, 0.05) is 26.2 Å². The molecule has 1 N–H and O–H groups in total. The Kier molecular flexibility index (Phi) is 4.37. The number of methoxy groups -OCH3 is 1. The summed E-state index contributed by atoms with van der Waals surface area (Å²) in [5.41, 5.74) is 1.47. The van der Waals surface area contributed by atoms with Crippen LogP contribution in [-0.2, 0) is 4.74 Å². The predicted octanol–water partition coefficient (Wildman–Crippen LogP) is 1.30. The molecule has 1 amide bonds. The van der Waals surface area contributed by atoms with E-state index in [1.54, 1.807) is 13.2 Å². The summed E-state index contributed by atoms with van der Waals surface area (Å²) in [6.07, 6.45) is -0.965. The number of nitrogens with zero attached hydrogens (tertiary/aromatic N) is 3. The Morgan fingerprint density at radius 3 is 2.96 bits per heavy atom. The molecule has 0 unspecified atom stereocenters. The van der Waals surface area contributed by atoms with Crippen LogP contribution in [0.1, 0.15) is 17.2 Å². The fourth-order valence-electron chi connectivity index (χ4n) is 3.16. The predicted molar refractivity (Wildman–Crippen MR) is 81.4 cm³/mol. The summed E-state index contributed by atoms with van der Waals surface area (Å²) in [5.74, 6) is 0.548. The average molecular weight is 317 g/mol. The van der Waals surface area contributed by atoms with Crippen molar-refractivity contribution in [2.75, 3.05) is 39.9 Å². The van der Waals surface area contributed by atoms with Crippen molar-refractivity contribution in [3.05, 3.63) is 29.3 Å². The molecule has 2 aliphatic heterocycles. The third-order valence-corrected chi connectivity index (χ3v) is 4.48. The molecule has 2 heterocycles. The number of amides is 1. The summed E-state index contributed by atoms with van der Waals surface area (Å²) in [5, 5.41) is 18.1. The van der Waals surface area contributed by atoms with E-state index in [0.29, 0.717) is 44.1 Å². The standard InChI is InChI=1S/C16H19N3O4/c1-22-14-6-11(2-3-12(14)7-17)15-9-18-4-5-19(16(20)21)8-13(18)10-23-15/h2-3,6,13,15H,4-5,8-10H2,1H3,(H,20,21)/t13-,15-/m0/s1. The maximum absolute atomic E-state index is 11.1. The Bertz CT molecular complexity index is 643. The molecule has 0 spiro atoms. The van der Waals surface area contributed by atoms with Crippen molar-refractivity contribution in [2.45, 2.75) is 12.1 Å². The number of hydrogen-bond donors (Lipinski definition) is 1. The van der Waals surface area contributed by atoms with E-state index in [1.807, 2.05) is 12.1 Å². The van der Waals surface area contributed by atoms with Crippen LogP contribution in [0.3, 0.4) is 0 Å². The third-order valence-electron chi connectivity index (χ3n) is 4.48. The zero-order valence-electron chi connectivity index (χ0n) is 12.9. The number of morpholine rings is 1. The van der Waals surface area contributed by atoms with Crippen LogP contribution in [0.2, 0.25) is 0 Å². The second-order valence-corrected chi connectivity index (χ2v) is 5.77. The first-order valence-corrected chi connectivity index (χ1v) is 7.54. The summed E-state index contributed by atoms with van der Waals surface area (Å²) >= 11 is 0. The van der Waals surface area contributed by atoms with Gasteiger partial charge in [0.2, 0.25) is 0 Å². The lowest BCUT2D eigenvalue weighted by Crippen LogP contribution is -2.59. The van der Waals surface area contributed by atoms with Crippen LogP contribution in [0.4, 0.5) is 4.79 Å². The van der Waals surface area contributed by atoms with Crippen molar-refractivity contribution in [3.63, 3.8) is 0 Å². The Labute approximate surface area is 134 Å². The molecule has 0 radical (unpaired) electrons. The Balaban J connectivity index is 1.71. The monoisotopic (exact) mass is 317 g/mol. The number of carboxylic acid groups (broad SMARTS) is 1. The molecule has 23 heavy (non-hydrogen) atoms. The van der Waals surface area contributed by atoms with Gasteiger partial charge < -0.3 is 19.5 Å². The van der Waals surface area contributed by atoms with Crippen molar-refractivity contribution in [3.8, 4) is 11.8 Å². The van der Waals surface area contributed by atoms with E-state index in [4.69, 9.17) is 19.8 Å². The van der Waals surface area contributed by atoms with Gasteiger partial charge >= 0.3 is 6.09 Å². The van der Waals surface area contributed by atoms with E-state index in [9.17, 15) is 4.79 Å². The molecule has 7 heteroatoms. The number of piperazine rings is 1. The van der Waals surface area contributed by atoms with Gasteiger partial charge in [-0.15, -0.1) is 0 Å². The Hall–Kier alpha value is -2.30. The van der Waals surface area contributed by atoms with E-state index < -0.39 is 6.09 Å². The minimum Gasteiger partial charge on any atom is -0.495 e. The van der Waals surface area contributed by atoms with E-state index in [2.05, 4.69) is 11.0 Å². The lowest BCUT2D eigenvalue weighted by atomic mass is 10.0. The first-order valence-electron chi connectivity index (χ1n) is 7.54. The van der Waals surface area contributed by atoms with Crippen molar-refractivity contribution in [2.24, 2.45) is 0 Å². The second-order valence-electron chi connectivity index (χ2n) is 5.77. The molecule has 2 atom stereocenters. The SMILES string of the molecule is COc1cc([C@@H]2CN3CCN(C(=O)O)C[C@H]3CO2)ccc1C#N. The maximum Gasteiger partial charge on any atom is 0.407 e. The number of ether oxygens (including phenoxy) is 2. The van der Waals surface area contributed by atoms with Crippen LogP contribution >= 0.6 is 0 Å². The molecule has 2 fully saturated rings. The number of nitriles is 1. The Morgan fingerprint density at radius 2 is 2.26 bits per heavy atom. The zero-order chi connectivity index (χ0) is 16.4. The molecule has 2 aliphatic rings. The third kappa shape index (κ3) is 3.09. The van der Waals surface area contributed by atoms with Crippen LogP contribution in [0.25, 0.3) is 0 Å². The van der Waals surface area contributed by atoms with Crippen molar-refractivity contribution in [1.82, 2.24) is 9.80 Å². The minimum atomic E-state index is -0.872. The minimum absolute atomic E-state index is 0.0933. The first-order chi connectivity index (χ1) is 11.1. The highest BCUT2D eigenvalue weighted by atomic mass is 16.5. The van der Waals surface area contributed by atoms with Crippen LogP contribution in [0, 0.1) is 11.3 Å². The molecular weight excluding hydrogens is 298 g/mol. The van der Waals surface area contributed by atoms with Crippen LogP contribution in [0.5, 0.6) is 5.75 Å². The van der Waals surface area contributed by atoms with Crippen LogP contribution in [0.15, 0.2) is 18.2 Å². The number of hydrogen-bond acceptors (Lipinski definition) is 5. The summed E-state index contributed by atoms with van der Waals surface area (Å²) in [4.78, 5) is 14.8. The molecule has 2 saturated heterocycles. The quantitative estimate of drug-likeness (QED) is 0.885. The topological polar surface area (TPSA) is 86.0 Å². The fraction of sp³-hybridized carbons (Fsp3) is 0.500. The first kappa shape index (κ1) is 15.6. The lowest BCUT2D eigenvalue weighted by molar-refractivity contribution is -0.0867. The molecule has 1 aromatic rings. The van der Waals surface area contributed by atoms with Gasteiger partial charge in [0.25, 0.3) is 0 Å². The van der Waals surface area contributed by atoms with Gasteiger partial charge in [0.1, 0.15) is 11.8 Å². The summed E-state index contributed by atoms with van der Waals surface area (Å²) < 4.78 is 11.2. The van der Waals surface area contributed by atoms with Gasteiger partial charge in [-0.25, -0.2) is 4.79 Å². The van der Waals surface area contributed by atoms with E-state index >= 15 is 0 Å². The molecule has 122 valence electrons. The van der Waals surface area contributed by atoms with Gasteiger partial charge in [0.05, 0.1) is 31.4 Å². The summed E-state index contributed by atoms with van der Waals surface area (Å²) in [6, 6.07) is 7.68. The van der Waals surface area contributed by atoms with Crippen molar-refractivity contribution < 1.29 is 19.4 Å². The highest BCUT2D eigenvalue weighted by molar-refractivity contribution is 5.65. The Morgan fingerprint density at radius 1 is 1.43 bits per heavy atom. The molecule has 3 rings (SSSR count). The van der Waals surface area contributed by atoms with Gasteiger partial charge in [-0.2, -0.15) is 5.26 Å². The zero-order valence-corrected chi connectivity index (χ0v) is 12.9. The van der Waals surface area contributed by atoms with Crippen molar-refractivity contribution in [1.29, 1.82) is 5.26 Å². The molecule has 7 nitrogen and oxygen atoms in total. The molecule has 0 bridgehead atoms. The molecular formula is C16H19N3O4. The van der Waals surface area contributed by atoms with Gasteiger partial charge in [-0.1, -0.05) is 6.07 Å². The number of rotatable bonds is 2. The highest BCUT2D eigenvalue weighted by Crippen LogP contribution is 2.30. The van der Waals surface area contributed by atoms with Gasteiger partial charge in [-0.3, -0.25) is 4.90 Å². The van der Waals surface area contributed by atoms with Gasteiger partial charge in [0.15, 0.2) is 0 Å². The largest absolute Gasteiger partial charge is 0.495 e. The molecule has 0 saturated carbocycles. The molecule has 0 aliphatic carbocycles. The molecule has 1 aromatic carbocycles.